The predicted octanol–water partition coefficient (Wildman–Crippen LogP) is 2.55. The van der Waals surface area contributed by atoms with E-state index >= 15 is 0 Å². The van der Waals surface area contributed by atoms with Crippen LogP contribution in [0.4, 0.5) is 0 Å². The number of oxime groups is 1. The highest BCUT2D eigenvalue weighted by atomic mass is 16.6. The van der Waals surface area contributed by atoms with Crippen LogP contribution < -0.4 is 10.4 Å². The Hall–Kier alpha value is -2.76. The highest BCUT2D eigenvalue weighted by Crippen LogP contribution is 2.33. The molecule has 0 amide bonds. The van der Waals surface area contributed by atoms with Crippen molar-refractivity contribution in [2.45, 2.75) is 13.3 Å². The van der Waals surface area contributed by atoms with Gasteiger partial charge in [0.05, 0.1) is 10.9 Å². The molecule has 1 aromatic carbocycles. The number of aryl methyl sites for hydroxylation is 1. The van der Waals surface area contributed by atoms with Gasteiger partial charge < -0.3 is 19.1 Å². The molecule has 0 atom stereocenters. The molecule has 116 valence electrons. The second kappa shape index (κ2) is 6.80. The van der Waals surface area contributed by atoms with Gasteiger partial charge in [-0.15, -0.1) is 0 Å². The lowest BCUT2D eigenvalue weighted by molar-refractivity contribution is 0.214. The monoisotopic (exact) mass is 303 g/mol. The van der Waals surface area contributed by atoms with E-state index in [0.717, 1.165) is 0 Å². The third-order valence-electron chi connectivity index (χ3n) is 3.16. The van der Waals surface area contributed by atoms with Crippen LogP contribution in [0.1, 0.15) is 11.1 Å². The molecule has 0 aliphatic rings. The van der Waals surface area contributed by atoms with E-state index in [1.165, 1.54) is 19.4 Å². The van der Waals surface area contributed by atoms with Gasteiger partial charge in [0.2, 0.25) is 0 Å². The third kappa shape index (κ3) is 2.95. The topological polar surface area (TPSA) is 81.3 Å². The number of phenolic OH excluding ortho intramolecular Hbond substituents is 1. The summed E-state index contributed by atoms with van der Waals surface area (Å²) in [5, 5.41) is 14.0. The molecule has 0 aliphatic heterocycles. The Morgan fingerprint density at radius 2 is 2.23 bits per heavy atom. The van der Waals surface area contributed by atoms with Crippen LogP contribution in [0.2, 0.25) is 0 Å². The molecule has 2 aromatic rings. The normalized spacial score (nSPS) is 11.0. The van der Waals surface area contributed by atoms with Crippen molar-refractivity contribution in [2.24, 2.45) is 5.16 Å². The zero-order valence-corrected chi connectivity index (χ0v) is 12.5. The molecule has 0 saturated carbocycles. The van der Waals surface area contributed by atoms with Crippen molar-refractivity contribution in [1.29, 1.82) is 0 Å². The quantitative estimate of drug-likeness (QED) is 0.384. The van der Waals surface area contributed by atoms with Crippen LogP contribution >= 0.6 is 0 Å². The molecule has 0 radical (unpaired) electrons. The fourth-order valence-corrected chi connectivity index (χ4v) is 2.09. The highest BCUT2D eigenvalue weighted by Gasteiger charge is 2.17. The van der Waals surface area contributed by atoms with Crippen molar-refractivity contribution in [3.05, 3.63) is 46.3 Å². The van der Waals surface area contributed by atoms with Crippen LogP contribution in [-0.4, -0.2) is 25.0 Å². The van der Waals surface area contributed by atoms with Crippen molar-refractivity contribution in [3.63, 3.8) is 0 Å². The molecular weight excluding hydrogens is 286 g/mol. The van der Waals surface area contributed by atoms with Gasteiger partial charge in [0.1, 0.15) is 30.8 Å². The first-order valence-electron chi connectivity index (χ1n) is 6.67. The zero-order chi connectivity index (χ0) is 16.1. The Kier molecular flexibility index (Phi) is 4.83. The maximum Gasteiger partial charge on any atom is 0.343 e. The minimum atomic E-state index is -0.539. The molecular formula is C16H17NO5. The molecule has 22 heavy (non-hydrogen) atoms. The largest absolute Gasteiger partial charge is 0.508 e. The number of benzene rings is 1. The van der Waals surface area contributed by atoms with Gasteiger partial charge in [-0.25, -0.2) is 4.79 Å². The minimum Gasteiger partial charge on any atom is -0.508 e. The number of hydrogen-bond donors (Lipinski definition) is 1. The van der Waals surface area contributed by atoms with Gasteiger partial charge >= 0.3 is 5.63 Å². The number of rotatable bonds is 6. The number of hydrogen-bond acceptors (Lipinski definition) is 6. The summed E-state index contributed by atoms with van der Waals surface area (Å²) in [5.74, 6) is 0.454. The maximum absolute atomic E-state index is 12.2. The lowest BCUT2D eigenvalue weighted by Gasteiger charge is -2.12. The Balaban J connectivity index is 2.69. The predicted molar refractivity (Wildman–Crippen MR) is 83.8 cm³/mol. The SMILES string of the molecule is C=CCOc1c(CC=NOC)c(=O)oc2c(C)c(O)ccc12. The first-order valence-corrected chi connectivity index (χ1v) is 6.67. The van der Waals surface area contributed by atoms with E-state index in [2.05, 4.69) is 16.6 Å². The van der Waals surface area contributed by atoms with Gasteiger partial charge in [-0.3, -0.25) is 0 Å². The highest BCUT2D eigenvalue weighted by molar-refractivity contribution is 5.89. The number of ether oxygens (including phenoxy) is 1. The number of aromatic hydroxyl groups is 1. The molecule has 6 heteroatoms. The van der Waals surface area contributed by atoms with E-state index < -0.39 is 5.63 Å². The Morgan fingerprint density at radius 3 is 2.91 bits per heavy atom. The van der Waals surface area contributed by atoms with Gasteiger partial charge in [0, 0.05) is 18.2 Å². The average molecular weight is 303 g/mol. The van der Waals surface area contributed by atoms with Crippen LogP contribution in [0.15, 0.2) is 39.2 Å². The second-order valence-electron chi connectivity index (χ2n) is 4.56. The van der Waals surface area contributed by atoms with Crippen molar-refractivity contribution in [2.75, 3.05) is 13.7 Å². The average Bonchev–Trinajstić information content (AvgIpc) is 2.51. The van der Waals surface area contributed by atoms with E-state index in [1.54, 1.807) is 19.1 Å². The molecule has 2 rings (SSSR count). The molecule has 1 N–H and O–H groups in total. The van der Waals surface area contributed by atoms with Gasteiger partial charge in [-0.2, -0.15) is 0 Å². The Labute approximate surface area is 127 Å². The molecule has 0 aliphatic carbocycles. The Morgan fingerprint density at radius 1 is 1.45 bits per heavy atom. The van der Waals surface area contributed by atoms with Crippen molar-refractivity contribution < 1.29 is 19.1 Å². The zero-order valence-electron chi connectivity index (χ0n) is 12.5. The van der Waals surface area contributed by atoms with Crippen molar-refractivity contribution in [1.82, 2.24) is 0 Å². The first kappa shape index (κ1) is 15.6. The summed E-state index contributed by atoms with van der Waals surface area (Å²) in [7, 11) is 1.42. The smallest absolute Gasteiger partial charge is 0.343 e. The van der Waals surface area contributed by atoms with Crippen LogP contribution in [0.3, 0.4) is 0 Å². The van der Waals surface area contributed by atoms with E-state index in [-0.39, 0.29) is 18.8 Å². The maximum atomic E-state index is 12.2. The summed E-state index contributed by atoms with van der Waals surface area (Å²) < 4.78 is 11.0. The van der Waals surface area contributed by atoms with Gasteiger partial charge in [0.15, 0.2) is 0 Å². The summed E-state index contributed by atoms with van der Waals surface area (Å²) in [4.78, 5) is 16.8. The lowest BCUT2D eigenvalue weighted by atomic mass is 10.1. The summed E-state index contributed by atoms with van der Waals surface area (Å²) in [5.41, 5.74) is 0.578. The van der Waals surface area contributed by atoms with E-state index in [9.17, 15) is 9.90 Å². The number of fused-ring (bicyclic) bond motifs is 1. The molecule has 1 heterocycles. The molecule has 1 aromatic heterocycles. The van der Waals surface area contributed by atoms with E-state index in [4.69, 9.17) is 9.15 Å². The van der Waals surface area contributed by atoms with Crippen LogP contribution in [0.5, 0.6) is 11.5 Å². The minimum absolute atomic E-state index is 0.0546. The number of nitrogens with zero attached hydrogens (tertiary/aromatic N) is 1. The lowest BCUT2D eigenvalue weighted by Crippen LogP contribution is -2.12. The van der Waals surface area contributed by atoms with Gasteiger partial charge in [-0.05, 0) is 19.1 Å². The van der Waals surface area contributed by atoms with Crippen LogP contribution in [0.25, 0.3) is 11.0 Å². The Bertz CT molecular complexity index is 776. The van der Waals surface area contributed by atoms with E-state index in [0.29, 0.717) is 27.8 Å². The first-order chi connectivity index (χ1) is 10.6. The second-order valence-corrected chi connectivity index (χ2v) is 4.56. The fraction of sp³-hybridized carbons (Fsp3) is 0.250. The molecule has 6 nitrogen and oxygen atoms in total. The van der Waals surface area contributed by atoms with E-state index in [1.807, 2.05) is 0 Å². The van der Waals surface area contributed by atoms with Crippen LogP contribution in [0, 0.1) is 6.92 Å². The molecule has 0 saturated heterocycles. The van der Waals surface area contributed by atoms with Gasteiger partial charge in [0.25, 0.3) is 0 Å². The van der Waals surface area contributed by atoms with Gasteiger partial charge in [-0.1, -0.05) is 17.8 Å². The third-order valence-corrected chi connectivity index (χ3v) is 3.16. The molecule has 0 bridgehead atoms. The summed E-state index contributed by atoms with van der Waals surface area (Å²) in [6.07, 6.45) is 3.24. The number of phenols is 1. The summed E-state index contributed by atoms with van der Waals surface area (Å²) >= 11 is 0. The summed E-state index contributed by atoms with van der Waals surface area (Å²) in [6.45, 7) is 5.52. The van der Waals surface area contributed by atoms with Crippen molar-refractivity contribution >= 4 is 17.2 Å². The molecule has 0 unspecified atom stereocenters. The summed E-state index contributed by atoms with van der Waals surface area (Å²) in [6, 6.07) is 3.18. The molecule has 0 spiro atoms. The fourth-order valence-electron chi connectivity index (χ4n) is 2.09. The standard InChI is InChI=1S/C16H17NO5/c1-4-9-21-15-11-5-6-13(18)10(2)14(11)22-16(19)12(15)7-8-17-20-3/h4-6,8,18H,1,7,9H2,2-3H3. The van der Waals surface area contributed by atoms with Crippen LogP contribution in [-0.2, 0) is 11.3 Å². The molecule has 0 fully saturated rings. The van der Waals surface area contributed by atoms with Crippen molar-refractivity contribution in [3.8, 4) is 11.5 Å².